The van der Waals surface area contributed by atoms with Gasteiger partial charge in [-0.05, 0) is 49.1 Å². The molecule has 2 aromatic heterocycles. The van der Waals surface area contributed by atoms with Gasteiger partial charge in [0.25, 0.3) is 0 Å². The molecular weight excluding hydrogens is 338 g/mol. The van der Waals surface area contributed by atoms with E-state index in [2.05, 4.69) is 39.5 Å². The SMILES string of the molecule is COC(=O)c1ccc2c(c1)nc(-c1cc3ccccc3n1CC1CC1)n2C. The quantitative estimate of drug-likeness (QED) is 0.508. The molecule has 4 aromatic rings. The van der Waals surface area contributed by atoms with Crippen molar-refractivity contribution < 1.29 is 9.53 Å². The lowest BCUT2D eigenvalue weighted by Gasteiger charge is -2.10. The normalized spacial score (nSPS) is 14.1. The number of carbonyl (C=O) groups is 1. The van der Waals surface area contributed by atoms with E-state index in [4.69, 9.17) is 9.72 Å². The van der Waals surface area contributed by atoms with Gasteiger partial charge in [0.1, 0.15) is 0 Å². The topological polar surface area (TPSA) is 49.0 Å². The number of aromatic nitrogens is 3. The molecule has 0 atom stereocenters. The Labute approximate surface area is 157 Å². The van der Waals surface area contributed by atoms with E-state index in [9.17, 15) is 4.79 Å². The number of imidazole rings is 1. The molecule has 1 aliphatic carbocycles. The third kappa shape index (κ3) is 2.62. The molecule has 2 aromatic carbocycles. The summed E-state index contributed by atoms with van der Waals surface area (Å²) in [5.74, 6) is 1.34. The third-order valence-electron chi connectivity index (χ3n) is 5.48. The summed E-state index contributed by atoms with van der Waals surface area (Å²) in [7, 11) is 3.42. The van der Waals surface area contributed by atoms with Crippen LogP contribution in [0.5, 0.6) is 0 Å². The van der Waals surface area contributed by atoms with Crippen LogP contribution in [0.2, 0.25) is 0 Å². The van der Waals surface area contributed by atoms with Crippen LogP contribution in [0.1, 0.15) is 23.2 Å². The molecule has 0 spiro atoms. The molecule has 5 heteroatoms. The molecule has 0 unspecified atom stereocenters. The molecule has 1 aliphatic rings. The van der Waals surface area contributed by atoms with E-state index in [0.717, 1.165) is 35.0 Å². The van der Waals surface area contributed by atoms with Crippen LogP contribution >= 0.6 is 0 Å². The summed E-state index contributed by atoms with van der Waals surface area (Å²) >= 11 is 0. The van der Waals surface area contributed by atoms with E-state index in [1.54, 1.807) is 12.1 Å². The van der Waals surface area contributed by atoms with E-state index in [1.807, 2.05) is 13.1 Å². The number of benzene rings is 2. The van der Waals surface area contributed by atoms with Crippen molar-refractivity contribution in [2.45, 2.75) is 19.4 Å². The molecule has 1 saturated carbocycles. The molecule has 0 bridgehead atoms. The van der Waals surface area contributed by atoms with E-state index in [-0.39, 0.29) is 5.97 Å². The van der Waals surface area contributed by atoms with Gasteiger partial charge in [-0.1, -0.05) is 18.2 Å². The van der Waals surface area contributed by atoms with Crippen molar-refractivity contribution in [3.05, 3.63) is 54.1 Å². The maximum atomic E-state index is 11.9. The van der Waals surface area contributed by atoms with Crippen molar-refractivity contribution in [2.75, 3.05) is 7.11 Å². The first-order valence-electron chi connectivity index (χ1n) is 9.29. The average molecular weight is 359 g/mol. The van der Waals surface area contributed by atoms with E-state index in [1.165, 1.54) is 30.9 Å². The van der Waals surface area contributed by atoms with Gasteiger partial charge in [0.15, 0.2) is 5.82 Å². The molecule has 2 heterocycles. The molecular formula is C22H21N3O2. The molecule has 0 amide bonds. The lowest BCUT2D eigenvalue weighted by molar-refractivity contribution is 0.0601. The molecule has 5 nitrogen and oxygen atoms in total. The highest BCUT2D eigenvalue weighted by atomic mass is 16.5. The fourth-order valence-electron chi connectivity index (χ4n) is 3.82. The smallest absolute Gasteiger partial charge is 0.337 e. The maximum Gasteiger partial charge on any atom is 0.337 e. The zero-order valence-corrected chi connectivity index (χ0v) is 15.5. The Hall–Kier alpha value is -3.08. The van der Waals surface area contributed by atoms with Crippen LogP contribution in [-0.2, 0) is 18.3 Å². The molecule has 0 radical (unpaired) electrons. The monoisotopic (exact) mass is 359 g/mol. The molecule has 5 rings (SSSR count). The van der Waals surface area contributed by atoms with Crippen molar-refractivity contribution in [3.8, 4) is 11.5 Å². The molecule has 136 valence electrons. The number of methoxy groups -OCH3 is 1. The van der Waals surface area contributed by atoms with Crippen molar-refractivity contribution in [2.24, 2.45) is 13.0 Å². The minimum Gasteiger partial charge on any atom is -0.465 e. The lowest BCUT2D eigenvalue weighted by atomic mass is 10.2. The van der Waals surface area contributed by atoms with Gasteiger partial charge >= 0.3 is 5.97 Å². The summed E-state index contributed by atoms with van der Waals surface area (Å²) in [6, 6.07) is 16.3. The number of rotatable bonds is 4. The highest BCUT2D eigenvalue weighted by Gasteiger charge is 2.25. The fourth-order valence-corrected chi connectivity index (χ4v) is 3.82. The number of carbonyl (C=O) groups excluding carboxylic acids is 1. The highest BCUT2D eigenvalue weighted by Crippen LogP contribution is 2.36. The number of esters is 1. The largest absolute Gasteiger partial charge is 0.465 e. The lowest BCUT2D eigenvalue weighted by Crippen LogP contribution is -2.04. The molecule has 1 fully saturated rings. The Morgan fingerprint density at radius 1 is 1.15 bits per heavy atom. The standard InChI is InChI=1S/C22H21N3O2/c1-24-19-10-9-16(22(26)27-2)11-17(19)23-21(24)20-12-15-5-3-4-6-18(15)25(20)13-14-7-8-14/h3-6,9-12,14H,7-8,13H2,1-2H3. The summed E-state index contributed by atoms with van der Waals surface area (Å²) < 4.78 is 9.34. The van der Waals surface area contributed by atoms with Gasteiger partial charge in [-0.2, -0.15) is 0 Å². The number of ether oxygens (including phenoxy) is 1. The summed E-state index contributed by atoms with van der Waals surface area (Å²) in [6.45, 7) is 1.03. The van der Waals surface area contributed by atoms with Crippen LogP contribution in [0.3, 0.4) is 0 Å². The zero-order chi connectivity index (χ0) is 18.5. The number of hydrogen-bond acceptors (Lipinski definition) is 3. The van der Waals surface area contributed by atoms with Gasteiger partial charge in [0.05, 0.1) is 29.4 Å². The number of para-hydroxylation sites is 1. The predicted octanol–water partition coefficient (Wildman–Crippen LogP) is 4.39. The number of hydrogen-bond donors (Lipinski definition) is 0. The van der Waals surface area contributed by atoms with Crippen LogP contribution in [0, 0.1) is 5.92 Å². The first kappa shape index (κ1) is 16.1. The number of nitrogens with zero attached hydrogens (tertiary/aromatic N) is 3. The fraction of sp³-hybridized carbons (Fsp3) is 0.273. The van der Waals surface area contributed by atoms with E-state index >= 15 is 0 Å². The minimum absolute atomic E-state index is 0.341. The van der Waals surface area contributed by atoms with Crippen molar-refractivity contribution in [3.63, 3.8) is 0 Å². The summed E-state index contributed by atoms with van der Waals surface area (Å²) in [4.78, 5) is 16.7. The van der Waals surface area contributed by atoms with Crippen molar-refractivity contribution in [1.29, 1.82) is 0 Å². The van der Waals surface area contributed by atoms with Gasteiger partial charge in [0.2, 0.25) is 0 Å². The van der Waals surface area contributed by atoms with Crippen molar-refractivity contribution in [1.82, 2.24) is 14.1 Å². The Morgan fingerprint density at radius 3 is 2.74 bits per heavy atom. The Bertz CT molecular complexity index is 1180. The van der Waals surface area contributed by atoms with Gasteiger partial charge in [-0.25, -0.2) is 9.78 Å². The highest BCUT2D eigenvalue weighted by molar-refractivity contribution is 5.95. The Kier molecular flexibility index (Phi) is 3.57. The summed E-state index contributed by atoms with van der Waals surface area (Å²) in [5.41, 5.74) is 4.70. The Balaban J connectivity index is 1.70. The number of aryl methyl sites for hydroxylation is 1. The van der Waals surface area contributed by atoms with Crippen LogP contribution in [0.4, 0.5) is 0 Å². The Morgan fingerprint density at radius 2 is 1.96 bits per heavy atom. The van der Waals surface area contributed by atoms with Gasteiger partial charge in [-0.15, -0.1) is 0 Å². The van der Waals surface area contributed by atoms with Gasteiger partial charge < -0.3 is 13.9 Å². The minimum atomic E-state index is -0.341. The molecule has 0 saturated heterocycles. The second kappa shape index (κ2) is 5.98. The van der Waals surface area contributed by atoms with Crippen LogP contribution < -0.4 is 0 Å². The van der Waals surface area contributed by atoms with E-state index < -0.39 is 0 Å². The predicted molar refractivity (Wildman–Crippen MR) is 106 cm³/mol. The molecule has 27 heavy (non-hydrogen) atoms. The molecule has 0 N–H and O–H groups in total. The maximum absolute atomic E-state index is 11.9. The summed E-state index contributed by atoms with van der Waals surface area (Å²) in [6.07, 6.45) is 2.61. The van der Waals surface area contributed by atoms with Gasteiger partial charge in [0, 0.05) is 24.5 Å². The second-order valence-corrected chi connectivity index (χ2v) is 7.33. The van der Waals surface area contributed by atoms with E-state index in [0.29, 0.717) is 5.56 Å². The molecule has 0 aliphatic heterocycles. The van der Waals surface area contributed by atoms with Crippen LogP contribution in [0.25, 0.3) is 33.5 Å². The van der Waals surface area contributed by atoms with Crippen molar-refractivity contribution >= 4 is 27.9 Å². The zero-order valence-electron chi connectivity index (χ0n) is 15.5. The van der Waals surface area contributed by atoms with Crippen LogP contribution in [0.15, 0.2) is 48.5 Å². The van der Waals surface area contributed by atoms with Gasteiger partial charge in [-0.3, -0.25) is 0 Å². The second-order valence-electron chi connectivity index (χ2n) is 7.33. The third-order valence-corrected chi connectivity index (χ3v) is 5.48. The van der Waals surface area contributed by atoms with Crippen LogP contribution in [-0.4, -0.2) is 27.2 Å². The number of fused-ring (bicyclic) bond motifs is 2. The summed E-state index contributed by atoms with van der Waals surface area (Å²) in [5, 5.41) is 1.23. The first-order chi connectivity index (χ1) is 13.2. The first-order valence-corrected chi connectivity index (χ1v) is 9.29. The average Bonchev–Trinajstić information content (AvgIpc) is 3.36.